The minimum absolute atomic E-state index is 0.0340. The van der Waals surface area contributed by atoms with E-state index in [4.69, 9.17) is 16.3 Å². The molecule has 28 heavy (non-hydrogen) atoms. The van der Waals surface area contributed by atoms with Gasteiger partial charge in [0, 0.05) is 24.3 Å². The number of halogens is 2. The van der Waals surface area contributed by atoms with Gasteiger partial charge in [-0.3, -0.25) is 14.5 Å². The summed E-state index contributed by atoms with van der Waals surface area (Å²) in [6.07, 6.45) is 4.62. The van der Waals surface area contributed by atoms with E-state index in [1.54, 1.807) is 34.2 Å². The van der Waals surface area contributed by atoms with Crippen LogP contribution in [0.5, 0.6) is 0 Å². The van der Waals surface area contributed by atoms with E-state index in [-0.39, 0.29) is 23.7 Å². The Bertz CT molecular complexity index is 1010. The summed E-state index contributed by atoms with van der Waals surface area (Å²) in [5.74, 6) is -0.501. The molecule has 0 bridgehead atoms. The van der Waals surface area contributed by atoms with Crippen LogP contribution in [-0.4, -0.2) is 45.3 Å². The molecule has 2 atom stereocenters. The predicted octanol–water partition coefficient (Wildman–Crippen LogP) is 3.46. The summed E-state index contributed by atoms with van der Waals surface area (Å²) in [4.78, 5) is 19.1. The number of fused-ring (bicyclic) bond motifs is 1. The van der Waals surface area contributed by atoms with Gasteiger partial charge in [-0.05, 0) is 29.7 Å². The van der Waals surface area contributed by atoms with Gasteiger partial charge in [0.2, 0.25) is 5.91 Å². The Hall–Kier alpha value is -2.51. The van der Waals surface area contributed by atoms with Crippen LogP contribution < -0.4 is 0 Å². The van der Waals surface area contributed by atoms with E-state index in [9.17, 15) is 9.18 Å². The summed E-state index contributed by atoms with van der Waals surface area (Å²) in [7, 11) is 0. The van der Waals surface area contributed by atoms with E-state index in [1.807, 2.05) is 13.0 Å². The molecule has 1 fully saturated rings. The Balaban J connectivity index is 1.47. The minimum Gasteiger partial charge on any atom is -0.368 e. The van der Waals surface area contributed by atoms with E-state index in [1.165, 1.54) is 12.1 Å². The van der Waals surface area contributed by atoms with Gasteiger partial charge in [-0.25, -0.2) is 4.39 Å². The number of pyridine rings is 1. The first-order valence-corrected chi connectivity index (χ1v) is 9.51. The molecule has 3 heterocycles. The Morgan fingerprint density at radius 2 is 2.21 bits per heavy atom. The third kappa shape index (κ3) is 4.00. The second kappa shape index (κ2) is 7.85. The van der Waals surface area contributed by atoms with E-state index >= 15 is 0 Å². The molecule has 0 N–H and O–H groups in total. The molecule has 0 saturated carbocycles. The molecule has 3 aromatic rings. The average Bonchev–Trinajstić information content (AvgIpc) is 3.11. The number of carbonyl (C=O) groups excluding carboxylic acids is 1. The molecule has 6 nitrogen and oxygen atoms in total. The monoisotopic (exact) mass is 402 g/mol. The lowest BCUT2D eigenvalue weighted by Gasteiger charge is -2.34. The lowest BCUT2D eigenvalue weighted by molar-refractivity contribution is -0.143. The Morgan fingerprint density at radius 3 is 3.00 bits per heavy atom. The molecular formula is C20H20ClFN4O2. The summed E-state index contributed by atoms with van der Waals surface area (Å²) >= 11 is 5.88. The fraction of sp³-hybridized carbons (Fsp3) is 0.350. The van der Waals surface area contributed by atoms with Crippen LogP contribution in [0.1, 0.15) is 18.7 Å². The highest BCUT2D eigenvalue weighted by atomic mass is 35.5. The lowest BCUT2D eigenvalue weighted by Crippen LogP contribution is -2.45. The number of ether oxygens (including phenoxy) is 1. The SMILES string of the molecule is C[C@H](Cn1cc(Cl)cn1)C(=O)N1CCO[C@@H](c2cc3cc(F)ccc3cn2)C1. The van der Waals surface area contributed by atoms with Gasteiger partial charge in [0.25, 0.3) is 0 Å². The van der Waals surface area contributed by atoms with Gasteiger partial charge in [0.15, 0.2) is 0 Å². The fourth-order valence-corrected chi connectivity index (χ4v) is 3.60. The molecule has 1 saturated heterocycles. The standard InChI is InChI=1S/C20H20ClFN4O2/c1-13(10-26-11-16(21)9-24-26)20(27)25-4-5-28-19(12-25)18-7-15-6-17(22)3-2-14(15)8-23-18/h2-3,6-9,11,13,19H,4-5,10,12H2,1H3/t13-,19-/m1/s1. The van der Waals surface area contributed by atoms with Gasteiger partial charge >= 0.3 is 0 Å². The Kier molecular flexibility index (Phi) is 5.28. The molecule has 1 amide bonds. The zero-order valence-electron chi connectivity index (χ0n) is 15.4. The van der Waals surface area contributed by atoms with Crippen molar-refractivity contribution in [2.75, 3.05) is 19.7 Å². The number of amides is 1. The first kappa shape index (κ1) is 18.8. The van der Waals surface area contributed by atoms with Gasteiger partial charge in [-0.15, -0.1) is 0 Å². The van der Waals surface area contributed by atoms with Crippen molar-refractivity contribution in [2.45, 2.75) is 19.6 Å². The van der Waals surface area contributed by atoms with Gasteiger partial charge in [-0.2, -0.15) is 5.10 Å². The molecule has 0 spiro atoms. The lowest BCUT2D eigenvalue weighted by atomic mass is 10.1. The maximum Gasteiger partial charge on any atom is 0.227 e. The number of hydrogen-bond acceptors (Lipinski definition) is 4. The molecule has 2 aromatic heterocycles. The first-order chi connectivity index (χ1) is 13.5. The van der Waals surface area contributed by atoms with Crippen molar-refractivity contribution in [2.24, 2.45) is 5.92 Å². The smallest absolute Gasteiger partial charge is 0.227 e. The molecule has 0 unspecified atom stereocenters. The number of rotatable bonds is 4. The van der Waals surface area contributed by atoms with Crippen LogP contribution in [0.25, 0.3) is 10.8 Å². The van der Waals surface area contributed by atoms with Crippen LogP contribution in [0.4, 0.5) is 4.39 Å². The molecule has 1 aromatic carbocycles. The molecule has 1 aliphatic rings. The predicted molar refractivity (Wildman–Crippen MR) is 103 cm³/mol. The number of carbonyl (C=O) groups is 1. The van der Waals surface area contributed by atoms with Crippen molar-refractivity contribution in [1.82, 2.24) is 19.7 Å². The minimum atomic E-state index is -0.336. The average molecular weight is 403 g/mol. The molecule has 146 valence electrons. The molecule has 0 radical (unpaired) electrons. The van der Waals surface area contributed by atoms with Gasteiger partial charge in [0.1, 0.15) is 11.9 Å². The summed E-state index contributed by atoms with van der Waals surface area (Å²) in [5, 5.41) is 6.30. The van der Waals surface area contributed by atoms with Crippen LogP contribution in [-0.2, 0) is 16.1 Å². The van der Waals surface area contributed by atoms with Crippen LogP contribution >= 0.6 is 11.6 Å². The maximum atomic E-state index is 13.5. The largest absolute Gasteiger partial charge is 0.368 e. The second-order valence-electron chi connectivity index (χ2n) is 7.03. The zero-order chi connectivity index (χ0) is 19.7. The quantitative estimate of drug-likeness (QED) is 0.670. The second-order valence-corrected chi connectivity index (χ2v) is 7.46. The summed E-state index contributed by atoms with van der Waals surface area (Å²) in [6.45, 7) is 3.71. The van der Waals surface area contributed by atoms with E-state index < -0.39 is 0 Å². The van der Waals surface area contributed by atoms with Crippen LogP contribution in [0.3, 0.4) is 0 Å². The summed E-state index contributed by atoms with van der Waals surface area (Å²) in [5.41, 5.74) is 0.696. The number of morpholine rings is 1. The third-order valence-electron chi connectivity index (χ3n) is 4.90. The molecule has 8 heteroatoms. The molecular weight excluding hydrogens is 383 g/mol. The number of hydrogen-bond donors (Lipinski definition) is 0. The van der Waals surface area contributed by atoms with Crippen molar-refractivity contribution in [1.29, 1.82) is 0 Å². The van der Waals surface area contributed by atoms with Crippen LogP contribution in [0, 0.1) is 11.7 Å². The van der Waals surface area contributed by atoms with E-state index in [0.717, 1.165) is 10.8 Å². The van der Waals surface area contributed by atoms with Crippen molar-refractivity contribution in [3.05, 3.63) is 59.4 Å². The van der Waals surface area contributed by atoms with Crippen molar-refractivity contribution in [3.8, 4) is 0 Å². The number of nitrogens with zero attached hydrogens (tertiary/aromatic N) is 4. The van der Waals surface area contributed by atoms with E-state index in [0.29, 0.717) is 37.0 Å². The molecule has 1 aliphatic heterocycles. The van der Waals surface area contributed by atoms with Gasteiger partial charge < -0.3 is 9.64 Å². The highest BCUT2D eigenvalue weighted by Crippen LogP contribution is 2.25. The molecule has 0 aliphatic carbocycles. The topological polar surface area (TPSA) is 60.2 Å². The van der Waals surface area contributed by atoms with Gasteiger partial charge in [-0.1, -0.05) is 18.5 Å². The highest BCUT2D eigenvalue weighted by molar-refractivity contribution is 6.30. The van der Waals surface area contributed by atoms with Crippen LogP contribution in [0.2, 0.25) is 5.02 Å². The third-order valence-corrected chi connectivity index (χ3v) is 5.09. The number of benzene rings is 1. The van der Waals surface area contributed by atoms with E-state index in [2.05, 4.69) is 10.1 Å². The first-order valence-electron chi connectivity index (χ1n) is 9.13. The van der Waals surface area contributed by atoms with Gasteiger partial charge in [0.05, 0.1) is 42.5 Å². The maximum absolute atomic E-state index is 13.5. The Labute approximate surface area is 166 Å². The van der Waals surface area contributed by atoms with Crippen molar-refractivity contribution in [3.63, 3.8) is 0 Å². The highest BCUT2D eigenvalue weighted by Gasteiger charge is 2.29. The summed E-state index contributed by atoms with van der Waals surface area (Å²) in [6, 6.07) is 6.41. The fourth-order valence-electron chi connectivity index (χ4n) is 3.44. The zero-order valence-corrected chi connectivity index (χ0v) is 16.1. The summed E-state index contributed by atoms with van der Waals surface area (Å²) < 4.78 is 21.0. The Morgan fingerprint density at radius 1 is 1.36 bits per heavy atom. The van der Waals surface area contributed by atoms with Crippen LogP contribution in [0.15, 0.2) is 42.9 Å². The van der Waals surface area contributed by atoms with Crippen molar-refractivity contribution < 1.29 is 13.9 Å². The van der Waals surface area contributed by atoms with Crippen molar-refractivity contribution >= 4 is 28.3 Å². The number of aromatic nitrogens is 3. The normalized spacial score (nSPS) is 18.4. The molecule has 4 rings (SSSR count).